The highest BCUT2D eigenvalue weighted by molar-refractivity contribution is 6.34. The molecule has 0 unspecified atom stereocenters. The maximum Gasteiger partial charge on any atom is 0.417 e. The van der Waals surface area contributed by atoms with Gasteiger partial charge >= 0.3 is 24.2 Å². The molecule has 0 spiro atoms. The average Bonchev–Trinajstić information content (AvgIpc) is 2.59. The van der Waals surface area contributed by atoms with E-state index in [-0.39, 0.29) is 11.3 Å². The van der Waals surface area contributed by atoms with Crippen LogP contribution in [0.3, 0.4) is 0 Å². The first-order chi connectivity index (χ1) is 12.9. The fourth-order valence-corrected chi connectivity index (χ4v) is 2.38. The molecular formula is C17H13F6N3O2. The second-order valence-corrected chi connectivity index (χ2v) is 5.72. The minimum atomic E-state index is -4.70. The third-order valence-corrected chi connectivity index (χ3v) is 3.69. The first-order valence-corrected chi connectivity index (χ1v) is 7.65. The summed E-state index contributed by atoms with van der Waals surface area (Å²) < 4.78 is 77.1. The Bertz CT molecular complexity index is 862. The van der Waals surface area contributed by atoms with Crippen LogP contribution in [0.25, 0.3) is 0 Å². The number of alkyl halides is 6. The van der Waals surface area contributed by atoms with E-state index in [1.54, 1.807) is 0 Å². The monoisotopic (exact) mass is 405 g/mol. The van der Waals surface area contributed by atoms with Gasteiger partial charge in [0.1, 0.15) is 0 Å². The van der Waals surface area contributed by atoms with Gasteiger partial charge in [-0.05, 0) is 23.8 Å². The molecule has 2 N–H and O–H groups in total. The highest BCUT2D eigenvalue weighted by atomic mass is 19.4. The van der Waals surface area contributed by atoms with Crippen LogP contribution in [0, 0.1) is 0 Å². The van der Waals surface area contributed by atoms with Gasteiger partial charge in [-0.1, -0.05) is 18.2 Å². The van der Waals surface area contributed by atoms with Gasteiger partial charge in [-0.15, -0.1) is 0 Å². The lowest BCUT2D eigenvalue weighted by molar-refractivity contribution is -0.145. The van der Waals surface area contributed by atoms with Crippen molar-refractivity contribution >= 4 is 11.8 Å². The van der Waals surface area contributed by atoms with Gasteiger partial charge in [0.05, 0.1) is 23.4 Å². The van der Waals surface area contributed by atoms with E-state index in [0.29, 0.717) is 17.2 Å². The maximum absolute atomic E-state index is 13.1. The molecule has 0 aliphatic heterocycles. The van der Waals surface area contributed by atoms with Crippen LogP contribution in [-0.2, 0) is 35.0 Å². The van der Waals surface area contributed by atoms with E-state index in [1.807, 2.05) is 0 Å². The molecule has 1 aromatic carbocycles. The quantitative estimate of drug-likeness (QED) is 0.627. The van der Waals surface area contributed by atoms with Crippen molar-refractivity contribution in [3.05, 3.63) is 65.0 Å². The summed E-state index contributed by atoms with van der Waals surface area (Å²) in [5, 5.41) is 0. The molecule has 2 rings (SSSR count). The van der Waals surface area contributed by atoms with Crippen molar-refractivity contribution in [1.29, 1.82) is 0 Å². The molecular weight excluding hydrogens is 392 g/mol. The number of rotatable bonds is 4. The minimum Gasteiger partial charge on any atom is -0.361 e. The van der Waals surface area contributed by atoms with E-state index in [2.05, 4.69) is 4.98 Å². The summed E-state index contributed by atoms with van der Waals surface area (Å²) in [6.45, 7) is -1.15. The van der Waals surface area contributed by atoms with Gasteiger partial charge in [0, 0.05) is 12.7 Å². The predicted molar refractivity (Wildman–Crippen MR) is 84.1 cm³/mol. The Morgan fingerprint density at radius 2 is 1.57 bits per heavy atom. The third kappa shape index (κ3) is 5.21. The molecule has 11 heteroatoms. The Labute approximate surface area is 154 Å². The number of carbonyl (C=O) groups is 2. The summed E-state index contributed by atoms with van der Waals surface area (Å²) in [5.74, 6) is -2.71. The van der Waals surface area contributed by atoms with E-state index in [4.69, 9.17) is 5.73 Å². The van der Waals surface area contributed by atoms with E-state index in [9.17, 15) is 35.9 Å². The van der Waals surface area contributed by atoms with Crippen molar-refractivity contribution in [3.63, 3.8) is 0 Å². The highest BCUT2D eigenvalue weighted by Crippen LogP contribution is 2.33. The minimum absolute atomic E-state index is 0.0629. The Morgan fingerprint density at radius 1 is 0.929 bits per heavy atom. The van der Waals surface area contributed by atoms with E-state index in [0.717, 1.165) is 24.3 Å². The lowest BCUT2D eigenvalue weighted by Gasteiger charge is -2.23. The zero-order valence-electron chi connectivity index (χ0n) is 14.0. The largest absolute Gasteiger partial charge is 0.417 e. The van der Waals surface area contributed by atoms with Gasteiger partial charge in [-0.25, -0.2) is 0 Å². The Balaban J connectivity index is 2.32. The molecule has 2 aromatic rings. The second-order valence-electron chi connectivity index (χ2n) is 5.72. The summed E-state index contributed by atoms with van der Waals surface area (Å²) in [5.41, 5.74) is 2.50. The number of halogens is 6. The van der Waals surface area contributed by atoms with Crippen molar-refractivity contribution in [2.75, 3.05) is 0 Å². The fourth-order valence-electron chi connectivity index (χ4n) is 2.38. The lowest BCUT2D eigenvalue weighted by atomic mass is 10.1. The van der Waals surface area contributed by atoms with E-state index in [1.165, 1.54) is 6.07 Å². The Kier molecular flexibility index (Phi) is 5.95. The topological polar surface area (TPSA) is 76.3 Å². The number of benzene rings is 1. The number of aromatic nitrogens is 1. The number of amides is 2. The van der Waals surface area contributed by atoms with Crippen LogP contribution in [0.4, 0.5) is 26.3 Å². The molecule has 150 valence electrons. The molecule has 0 saturated carbocycles. The first kappa shape index (κ1) is 21.2. The molecule has 28 heavy (non-hydrogen) atoms. The number of hydrogen-bond donors (Lipinski definition) is 1. The van der Waals surface area contributed by atoms with Gasteiger partial charge in [-0.3, -0.25) is 14.6 Å². The van der Waals surface area contributed by atoms with Crippen LogP contribution in [-0.4, -0.2) is 21.7 Å². The predicted octanol–water partition coefficient (Wildman–Crippen LogP) is 3.13. The molecule has 1 heterocycles. The number of primary amides is 1. The molecule has 0 aliphatic rings. The summed E-state index contributed by atoms with van der Waals surface area (Å²) in [4.78, 5) is 27.5. The molecule has 0 atom stereocenters. The van der Waals surface area contributed by atoms with Crippen LogP contribution in [0.5, 0.6) is 0 Å². The number of hydrogen-bond acceptors (Lipinski definition) is 3. The first-order valence-electron chi connectivity index (χ1n) is 7.65. The molecule has 0 radical (unpaired) electrons. The normalized spacial score (nSPS) is 11.9. The molecule has 0 bridgehead atoms. The lowest BCUT2D eigenvalue weighted by Crippen LogP contribution is -2.40. The summed E-state index contributed by atoms with van der Waals surface area (Å²) in [6, 6.07) is 6.06. The standard InChI is InChI=1S/C17H13F6N3O2/c18-16(19,20)11-5-6-12(25-7-11)9-26(15(28)14(24)27)8-10-3-1-2-4-13(10)17(21,22)23/h1-7H,8-9H2,(H2,24,27). The molecule has 0 saturated heterocycles. The van der Waals surface area contributed by atoms with Gasteiger partial charge in [0.25, 0.3) is 0 Å². The Morgan fingerprint density at radius 3 is 2.07 bits per heavy atom. The van der Waals surface area contributed by atoms with Crippen LogP contribution < -0.4 is 5.73 Å². The third-order valence-electron chi connectivity index (χ3n) is 3.69. The van der Waals surface area contributed by atoms with Crippen molar-refractivity contribution in [2.45, 2.75) is 25.4 Å². The number of carbonyl (C=O) groups excluding carboxylic acids is 2. The van der Waals surface area contributed by atoms with Crippen molar-refractivity contribution < 1.29 is 35.9 Å². The second kappa shape index (κ2) is 7.87. The van der Waals surface area contributed by atoms with Crippen molar-refractivity contribution in [1.82, 2.24) is 9.88 Å². The zero-order chi connectivity index (χ0) is 21.1. The Hall–Kier alpha value is -3.11. The maximum atomic E-state index is 13.1. The SMILES string of the molecule is NC(=O)C(=O)N(Cc1ccc(C(F)(F)F)cn1)Cc1ccccc1C(F)(F)F. The van der Waals surface area contributed by atoms with Crippen molar-refractivity contribution in [2.24, 2.45) is 5.73 Å². The number of nitrogens with two attached hydrogens (primary N) is 1. The fraction of sp³-hybridized carbons (Fsp3) is 0.235. The van der Waals surface area contributed by atoms with Crippen LogP contribution in [0.15, 0.2) is 42.6 Å². The number of pyridine rings is 1. The number of nitrogens with zero attached hydrogens (tertiary/aromatic N) is 2. The van der Waals surface area contributed by atoms with Crippen molar-refractivity contribution in [3.8, 4) is 0 Å². The molecule has 1 aromatic heterocycles. The van der Waals surface area contributed by atoms with Gasteiger partial charge < -0.3 is 10.6 Å². The van der Waals surface area contributed by atoms with E-state index >= 15 is 0 Å². The van der Waals surface area contributed by atoms with Crippen LogP contribution in [0.2, 0.25) is 0 Å². The van der Waals surface area contributed by atoms with Gasteiger partial charge in [-0.2, -0.15) is 26.3 Å². The molecule has 5 nitrogen and oxygen atoms in total. The van der Waals surface area contributed by atoms with Crippen LogP contribution >= 0.6 is 0 Å². The highest BCUT2D eigenvalue weighted by Gasteiger charge is 2.34. The smallest absolute Gasteiger partial charge is 0.361 e. The summed E-state index contributed by atoms with van der Waals surface area (Å²) in [7, 11) is 0. The molecule has 2 amide bonds. The van der Waals surface area contributed by atoms with Gasteiger partial charge in [0.15, 0.2) is 0 Å². The molecule has 0 fully saturated rings. The average molecular weight is 405 g/mol. The molecule has 0 aliphatic carbocycles. The van der Waals surface area contributed by atoms with Gasteiger partial charge in [0.2, 0.25) is 0 Å². The zero-order valence-corrected chi connectivity index (χ0v) is 14.0. The summed E-state index contributed by atoms with van der Waals surface area (Å²) >= 11 is 0. The van der Waals surface area contributed by atoms with E-state index < -0.39 is 48.4 Å². The van der Waals surface area contributed by atoms with Crippen LogP contribution in [0.1, 0.15) is 22.4 Å². The summed E-state index contributed by atoms with van der Waals surface area (Å²) in [6.07, 6.45) is -8.81.